The van der Waals surface area contributed by atoms with Gasteiger partial charge in [0.1, 0.15) is 0 Å². The summed E-state index contributed by atoms with van der Waals surface area (Å²) >= 11 is 1.70. The second kappa shape index (κ2) is 9.45. The van der Waals surface area contributed by atoms with Crippen LogP contribution in [0.1, 0.15) is 22.0 Å². The van der Waals surface area contributed by atoms with Gasteiger partial charge in [-0.2, -0.15) is 0 Å². The number of hydrogen-bond acceptors (Lipinski definition) is 4. The number of rotatable bonds is 9. The molecule has 1 aromatic heterocycles. The van der Waals surface area contributed by atoms with Gasteiger partial charge >= 0.3 is 0 Å². The lowest BCUT2D eigenvalue weighted by molar-refractivity contribution is -0.121. The van der Waals surface area contributed by atoms with Gasteiger partial charge in [0.25, 0.3) is 0 Å². The maximum Gasteiger partial charge on any atom is 0.234 e. The molecule has 5 heteroatoms. The van der Waals surface area contributed by atoms with E-state index in [0.29, 0.717) is 19.7 Å². The normalized spacial score (nSPS) is 12.1. The topological polar surface area (TPSA) is 50.4 Å². The lowest BCUT2D eigenvalue weighted by Crippen LogP contribution is -2.38. The molecule has 1 heterocycles. The van der Waals surface area contributed by atoms with Crippen molar-refractivity contribution in [3.8, 4) is 0 Å². The number of carbonyl (C=O) groups excluding carboxylic acids is 1. The van der Waals surface area contributed by atoms with Crippen molar-refractivity contribution >= 4 is 17.2 Å². The highest BCUT2D eigenvalue weighted by Crippen LogP contribution is 2.26. The average Bonchev–Trinajstić information content (AvgIpc) is 2.98. The average molecular weight is 332 g/mol. The molecule has 0 bridgehead atoms. The van der Waals surface area contributed by atoms with Gasteiger partial charge in [0.2, 0.25) is 5.91 Å². The summed E-state index contributed by atoms with van der Waals surface area (Å²) < 4.78 is 4.97. The zero-order chi connectivity index (χ0) is 16.5. The number of ether oxygens (including phenoxy) is 1. The maximum absolute atomic E-state index is 12.2. The van der Waals surface area contributed by atoms with Gasteiger partial charge < -0.3 is 15.4 Å². The molecule has 0 saturated carbocycles. The molecule has 2 aromatic rings. The van der Waals surface area contributed by atoms with Gasteiger partial charge in [-0.3, -0.25) is 4.79 Å². The van der Waals surface area contributed by atoms with E-state index in [2.05, 4.69) is 41.1 Å². The zero-order valence-electron chi connectivity index (χ0n) is 13.7. The van der Waals surface area contributed by atoms with Crippen LogP contribution in [-0.2, 0) is 16.0 Å². The largest absolute Gasteiger partial charge is 0.383 e. The Balaban J connectivity index is 1.99. The number of benzene rings is 1. The van der Waals surface area contributed by atoms with Crippen molar-refractivity contribution in [3.63, 3.8) is 0 Å². The summed E-state index contributed by atoms with van der Waals surface area (Å²) in [5.41, 5.74) is 2.45. The molecule has 124 valence electrons. The SMILES string of the molecule is COCCNCC(=O)NC(Cc1ccccc1)c1sccc1C. The van der Waals surface area contributed by atoms with Crippen LogP contribution in [0.4, 0.5) is 0 Å². The van der Waals surface area contributed by atoms with Crippen molar-refractivity contribution in [1.82, 2.24) is 10.6 Å². The summed E-state index contributed by atoms with van der Waals surface area (Å²) in [5.74, 6) is 0.00911. The summed E-state index contributed by atoms with van der Waals surface area (Å²) in [5, 5.41) is 8.31. The number of nitrogens with one attached hydrogen (secondary N) is 2. The fourth-order valence-electron chi connectivity index (χ4n) is 2.42. The number of aryl methyl sites for hydroxylation is 1. The van der Waals surface area contributed by atoms with Crippen LogP contribution >= 0.6 is 11.3 Å². The standard InChI is InChI=1S/C18H24N2O2S/c1-14-8-11-23-18(14)16(12-15-6-4-3-5-7-15)20-17(21)13-19-9-10-22-2/h3-8,11,16,19H,9-10,12-13H2,1-2H3,(H,20,21). The van der Waals surface area contributed by atoms with E-state index in [-0.39, 0.29) is 11.9 Å². The zero-order valence-corrected chi connectivity index (χ0v) is 14.5. The summed E-state index contributed by atoms with van der Waals surface area (Å²) in [7, 11) is 1.65. The van der Waals surface area contributed by atoms with Crippen LogP contribution in [0.15, 0.2) is 41.8 Å². The van der Waals surface area contributed by atoms with Gasteiger partial charge in [-0.15, -0.1) is 11.3 Å². The van der Waals surface area contributed by atoms with Crippen molar-refractivity contribution in [3.05, 3.63) is 57.8 Å². The molecule has 0 aliphatic carbocycles. The van der Waals surface area contributed by atoms with E-state index in [9.17, 15) is 4.79 Å². The molecule has 0 fully saturated rings. The molecular formula is C18H24N2O2S. The molecule has 1 atom stereocenters. The first-order valence-corrected chi connectivity index (χ1v) is 8.65. The summed E-state index contributed by atoms with van der Waals surface area (Å²) in [6.07, 6.45) is 0.798. The molecule has 1 aromatic carbocycles. The molecule has 0 aliphatic rings. The first kappa shape index (κ1) is 17.7. The maximum atomic E-state index is 12.2. The van der Waals surface area contributed by atoms with Crippen LogP contribution in [0, 0.1) is 6.92 Å². The third-order valence-electron chi connectivity index (χ3n) is 3.60. The van der Waals surface area contributed by atoms with Gasteiger partial charge in [0.05, 0.1) is 19.2 Å². The Bertz CT molecular complexity index is 598. The molecule has 0 spiro atoms. The van der Waals surface area contributed by atoms with E-state index >= 15 is 0 Å². The lowest BCUT2D eigenvalue weighted by Gasteiger charge is -2.19. The van der Waals surface area contributed by atoms with Crippen molar-refractivity contribution in [2.75, 3.05) is 26.8 Å². The summed E-state index contributed by atoms with van der Waals surface area (Å²) in [6, 6.07) is 12.4. The van der Waals surface area contributed by atoms with Crippen LogP contribution in [0.3, 0.4) is 0 Å². The minimum absolute atomic E-state index is 0.00845. The Morgan fingerprint density at radius 1 is 1.26 bits per heavy atom. The lowest BCUT2D eigenvalue weighted by atomic mass is 10.0. The molecular weight excluding hydrogens is 308 g/mol. The van der Waals surface area contributed by atoms with Crippen LogP contribution < -0.4 is 10.6 Å². The molecule has 0 saturated heterocycles. The van der Waals surface area contributed by atoms with Crippen molar-refractivity contribution in [2.24, 2.45) is 0 Å². The van der Waals surface area contributed by atoms with Crippen molar-refractivity contribution in [2.45, 2.75) is 19.4 Å². The molecule has 1 amide bonds. The van der Waals surface area contributed by atoms with E-state index in [1.807, 2.05) is 18.2 Å². The van der Waals surface area contributed by atoms with Crippen LogP contribution in [0.25, 0.3) is 0 Å². The number of methoxy groups -OCH3 is 1. The van der Waals surface area contributed by atoms with E-state index in [0.717, 1.165) is 6.42 Å². The molecule has 1 unspecified atom stereocenters. The fourth-order valence-corrected chi connectivity index (χ4v) is 3.40. The Labute approximate surface area is 141 Å². The summed E-state index contributed by atoms with van der Waals surface area (Å²) in [6.45, 7) is 3.67. The smallest absolute Gasteiger partial charge is 0.234 e. The van der Waals surface area contributed by atoms with E-state index < -0.39 is 0 Å². The predicted molar refractivity (Wildman–Crippen MR) is 94.8 cm³/mol. The molecule has 23 heavy (non-hydrogen) atoms. The quantitative estimate of drug-likeness (QED) is 0.694. The van der Waals surface area contributed by atoms with Crippen LogP contribution in [0.2, 0.25) is 0 Å². The Hall–Kier alpha value is -1.69. The highest BCUT2D eigenvalue weighted by atomic mass is 32.1. The third-order valence-corrected chi connectivity index (χ3v) is 4.74. The number of amides is 1. The van der Waals surface area contributed by atoms with Crippen molar-refractivity contribution < 1.29 is 9.53 Å². The second-order valence-corrected chi connectivity index (χ2v) is 6.39. The second-order valence-electron chi connectivity index (χ2n) is 5.45. The number of carbonyl (C=O) groups is 1. The Kier molecular flexibility index (Phi) is 7.26. The van der Waals surface area contributed by atoms with Gasteiger partial charge in [0.15, 0.2) is 0 Å². The minimum Gasteiger partial charge on any atom is -0.383 e. The Morgan fingerprint density at radius 3 is 2.70 bits per heavy atom. The van der Waals surface area contributed by atoms with E-state index in [1.54, 1.807) is 18.4 Å². The van der Waals surface area contributed by atoms with Crippen LogP contribution in [0.5, 0.6) is 0 Å². The highest BCUT2D eigenvalue weighted by molar-refractivity contribution is 7.10. The molecule has 2 rings (SSSR count). The molecule has 0 aliphatic heterocycles. The first-order chi connectivity index (χ1) is 11.2. The van der Waals surface area contributed by atoms with Gasteiger partial charge in [-0.1, -0.05) is 30.3 Å². The highest BCUT2D eigenvalue weighted by Gasteiger charge is 2.18. The molecule has 2 N–H and O–H groups in total. The molecule has 4 nitrogen and oxygen atoms in total. The van der Waals surface area contributed by atoms with Crippen LogP contribution in [-0.4, -0.2) is 32.7 Å². The first-order valence-electron chi connectivity index (χ1n) is 7.77. The fraction of sp³-hybridized carbons (Fsp3) is 0.389. The molecule has 0 radical (unpaired) electrons. The van der Waals surface area contributed by atoms with E-state index in [1.165, 1.54) is 16.0 Å². The monoisotopic (exact) mass is 332 g/mol. The van der Waals surface area contributed by atoms with E-state index in [4.69, 9.17) is 4.74 Å². The minimum atomic E-state index is 0.00845. The van der Waals surface area contributed by atoms with Crippen molar-refractivity contribution in [1.29, 1.82) is 0 Å². The van der Waals surface area contributed by atoms with Gasteiger partial charge in [0, 0.05) is 18.5 Å². The Morgan fingerprint density at radius 2 is 2.04 bits per heavy atom. The number of hydrogen-bond donors (Lipinski definition) is 2. The summed E-state index contributed by atoms with van der Waals surface area (Å²) in [4.78, 5) is 13.4. The van der Waals surface area contributed by atoms with Gasteiger partial charge in [-0.05, 0) is 35.9 Å². The number of thiophene rings is 1. The predicted octanol–water partition coefficient (Wildman–Crippen LogP) is 2.69. The third kappa shape index (κ3) is 5.78. The van der Waals surface area contributed by atoms with Gasteiger partial charge in [-0.25, -0.2) is 0 Å².